The van der Waals surface area contributed by atoms with E-state index in [0.717, 1.165) is 25.0 Å². The van der Waals surface area contributed by atoms with E-state index in [1.165, 1.54) is 0 Å². The Labute approximate surface area is 105 Å². The van der Waals surface area contributed by atoms with E-state index in [4.69, 9.17) is 10.2 Å². The Hall–Kier alpha value is -1.75. The highest BCUT2D eigenvalue weighted by atomic mass is 16.4. The van der Waals surface area contributed by atoms with Crippen LogP contribution in [0.5, 0.6) is 0 Å². The van der Waals surface area contributed by atoms with Gasteiger partial charge in [0.15, 0.2) is 5.58 Å². The van der Waals surface area contributed by atoms with Crippen LogP contribution in [-0.2, 0) is 0 Å². The highest BCUT2D eigenvalue weighted by Gasteiger charge is 2.28. The van der Waals surface area contributed by atoms with Crippen molar-refractivity contribution in [2.45, 2.75) is 19.4 Å². The highest BCUT2D eigenvalue weighted by Crippen LogP contribution is 2.28. The molecule has 5 heteroatoms. The van der Waals surface area contributed by atoms with E-state index in [2.05, 4.69) is 9.88 Å². The zero-order chi connectivity index (χ0) is 12.7. The maximum absolute atomic E-state index is 9.60. The third kappa shape index (κ3) is 1.90. The van der Waals surface area contributed by atoms with Crippen molar-refractivity contribution in [3.8, 4) is 0 Å². The summed E-state index contributed by atoms with van der Waals surface area (Å²) in [7, 11) is 0. The largest absolute Gasteiger partial charge is 0.423 e. The summed E-state index contributed by atoms with van der Waals surface area (Å²) in [4.78, 5) is 6.53. The lowest BCUT2D eigenvalue weighted by molar-refractivity contribution is 0.136. The van der Waals surface area contributed by atoms with E-state index in [1.807, 2.05) is 19.1 Å². The van der Waals surface area contributed by atoms with E-state index < -0.39 is 0 Å². The molecule has 1 aliphatic heterocycles. The number of oxazole rings is 1. The summed E-state index contributed by atoms with van der Waals surface area (Å²) in [5.74, 6) is 0.296. The molecule has 18 heavy (non-hydrogen) atoms. The lowest BCUT2D eigenvalue weighted by Gasteiger charge is -2.15. The first-order valence-electron chi connectivity index (χ1n) is 6.22. The van der Waals surface area contributed by atoms with Gasteiger partial charge in [0.25, 0.3) is 6.01 Å². The number of fused-ring (bicyclic) bond motifs is 1. The molecule has 0 saturated carbocycles. The fourth-order valence-electron chi connectivity index (χ4n) is 2.42. The van der Waals surface area contributed by atoms with E-state index in [0.29, 0.717) is 23.2 Å². The quantitative estimate of drug-likeness (QED) is 0.789. The molecule has 1 aliphatic rings. The molecule has 0 radical (unpaired) electrons. The first-order chi connectivity index (χ1) is 8.63. The van der Waals surface area contributed by atoms with Gasteiger partial charge in [-0.2, -0.15) is 4.98 Å². The summed E-state index contributed by atoms with van der Waals surface area (Å²) in [5.41, 5.74) is 7.92. The molecular weight excluding hydrogens is 230 g/mol. The number of rotatable bonds is 2. The minimum absolute atomic E-state index is 0.282. The van der Waals surface area contributed by atoms with Crippen LogP contribution >= 0.6 is 0 Å². The van der Waals surface area contributed by atoms with Crippen LogP contribution in [0.4, 0.5) is 11.7 Å². The molecule has 0 spiro atoms. The number of nitrogens with zero attached hydrogens (tertiary/aromatic N) is 2. The molecule has 2 heterocycles. The summed E-state index contributed by atoms with van der Waals surface area (Å²) in [6.07, 6.45) is 0.688. The van der Waals surface area contributed by atoms with Crippen LogP contribution in [0.15, 0.2) is 22.6 Å². The van der Waals surface area contributed by atoms with Gasteiger partial charge in [0.1, 0.15) is 5.52 Å². The third-order valence-corrected chi connectivity index (χ3v) is 3.58. The smallest absolute Gasteiger partial charge is 0.298 e. The SMILES string of the molecule is CC(O)C1CCN(c2nc3ccc(N)cc3o2)C1. The van der Waals surface area contributed by atoms with Gasteiger partial charge >= 0.3 is 0 Å². The molecule has 0 aliphatic carbocycles. The number of nitrogen functional groups attached to an aromatic ring is 1. The molecule has 3 N–H and O–H groups in total. The van der Waals surface area contributed by atoms with Crippen molar-refractivity contribution in [3.63, 3.8) is 0 Å². The second-order valence-electron chi connectivity index (χ2n) is 4.96. The number of benzene rings is 1. The van der Waals surface area contributed by atoms with Gasteiger partial charge < -0.3 is 20.2 Å². The van der Waals surface area contributed by atoms with Gasteiger partial charge in [0, 0.05) is 30.8 Å². The summed E-state index contributed by atoms with van der Waals surface area (Å²) in [6.45, 7) is 3.50. The number of hydrogen-bond donors (Lipinski definition) is 2. The number of nitrogens with two attached hydrogens (primary N) is 1. The van der Waals surface area contributed by atoms with Gasteiger partial charge in [-0.25, -0.2) is 0 Å². The van der Waals surface area contributed by atoms with Gasteiger partial charge in [0.2, 0.25) is 0 Å². The average molecular weight is 247 g/mol. The Morgan fingerprint density at radius 3 is 3.11 bits per heavy atom. The highest BCUT2D eigenvalue weighted by molar-refractivity contribution is 5.78. The monoisotopic (exact) mass is 247 g/mol. The molecular formula is C13H17N3O2. The normalized spacial score (nSPS) is 21.7. The van der Waals surface area contributed by atoms with Gasteiger partial charge in [-0.1, -0.05) is 0 Å². The standard InChI is InChI=1S/C13H17N3O2/c1-8(17)9-4-5-16(7-9)13-15-11-3-2-10(14)6-12(11)18-13/h2-3,6,8-9,17H,4-5,7,14H2,1H3. The molecule has 0 bridgehead atoms. The Bertz CT molecular complexity index is 564. The van der Waals surface area contributed by atoms with E-state index in [9.17, 15) is 5.11 Å². The van der Waals surface area contributed by atoms with Crippen LogP contribution in [0.25, 0.3) is 11.1 Å². The lowest BCUT2D eigenvalue weighted by Crippen LogP contribution is -2.23. The van der Waals surface area contributed by atoms with Crippen molar-refractivity contribution in [1.82, 2.24) is 4.98 Å². The zero-order valence-electron chi connectivity index (χ0n) is 10.3. The number of aliphatic hydroxyl groups excluding tert-OH is 1. The van der Waals surface area contributed by atoms with Crippen LogP contribution in [0.2, 0.25) is 0 Å². The topological polar surface area (TPSA) is 75.5 Å². The number of anilines is 2. The Kier molecular flexibility index (Phi) is 2.63. The van der Waals surface area contributed by atoms with Crippen LogP contribution in [0.1, 0.15) is 13.3 Å². The van der Waals surface area contributed by atoms with Gasteiger partial charge in [-0.15, -0.1) is 0 Å². The fourth-order valence-corrected chi connectivity index (χ4v) is 2.42. The molecule has 0 amide bonds. The van der Waals surface area contributed by atoms with Crippen molar-refractivity contribution < 1.29 is 9.52 Å². The van der Waals surface area contributed by atoms with Crippen molar-refractivity contribution in [2.24, 2.45) is 5.92 Å². The fraction of sp³-hybridized carbons (Fsp3) is 0.462. The molecule has 2 aromatic rings. The molecule has 2 unspecified atom stereocenters. The molecule has 1 fully saturated rings. The van der Waals surface area contributed by atoms with Crippen LogP contribution in [-0.4, -0.2) is 29.3 Å². The number of hydrogen-bond acceptors (Lipinski definition) is 5. The van der Waals surface area contributed by atoms with E-state index in [1.54, 1.807) is 6.07 Å². The molecule has 5 nitrogen and oxygen atoms in total. The molecule has 3 rings (SSSR count). The van der Waals surface area contributed by atoms with Crippen LogP contribution < -0.4 is 10.6 Å². The van der Waals surface area contributed by atoms with E-state index >= 15 is 0 Å². The maximum atomic E-state index is 9.60. The predicted octanol–water partition coefficient (Wildman–Crippen LogP) is 1.62. The Morgan fingerprint density at radius 2 is 2.39 bits per heavy atom. The van der Waals surface area contributed by atoms with E-state index in [-0.39, 0.29) is 6.10 Å². The van der Waals surface area contributed by atoms with Gasteiger partial charge in [-0.3, -0.25) is 0 Å². The number of aromatic nitrogens is 1. The summed E-state index contributed by atoms with van der Waals surface area (Å²) in [6, 6.07) is 6.09. The molecule has 96 valence electrons. The first-order valence-corrected chi connectivity index (χ1v) is 6.22. The van der Waals surface area contributed by atoms with Gasteiger partial charge in [0.05, 0.1) is 6.10 Å². The Morgan fingerprint density at radius 1 is 1.56 bits per heavy atom. The zero-order valence-corrected chi connectivity index (χ0v) is 10.3. The summed E-state index contributed by atoms with van der Waals surface area (Å²) < 4.78 is 5.71. The van der Waals surface area contributed by atoms with Crippen molar-refractivity contribution in [2.75, 3.05) is 23.7 Å². The first kappa shape index (κ1) is 11.3. The van der Waals surface area contributed by atoms with Crippen LogP contribution in [0.3, 0.4) is 0 Å². The average Bonchev–Trinajstić information content (AvgIpc) is 2.93. The third-order valence-electron chi connectivity index (χ3n) is 3.58. The lowest BCUT2D eigenvalue weighted by atomic mass is 10.0. The molecule has 1 saturated heterocycles. The van der Waals surface area contributed by atoms with Gasteiger partial charge in [-0.05, 0) is 25.5 Å². The molecule has 1 aromatic heterocycles. The summed E-state index contributed by atoms with van der Waals surface area (Å²) >= 11 is 0. The second kappa shape index (κ2) is 4.17. The van der Waals surface area contributed by atoms with Crippen molar-refractivity contribution >= 4 is 22.8 Å². The molecule has 2 atom stereocenters. The second-order valence-corrected chi connectivity index (χ2v) is 4.96. The predicted molar refractivity (Wildman–Crippen MR) is 70.4 cm³/mol. The summed E-state index contributed by atoms with van der Waals surface area (Å²) in [5, 5.41) is 9.60. The van der Waals surface area contributed by atoms with Crippen LogP contribution in [0, 0.1) is 5.92 Å². The Balaban J connectivity index is 1.87. The van der Waals surface area contributed by atoms with Crippen molar-refractivity contribution in [3.05, 3.63) is 18.2 Å². The number of aliphatic hydroxyl groups is 1. The minimum atomic E-state index is -0.282. The maximum Gasteiger partial charge on any atom is 0.298 e. The molecule has 1 aromatic carbocycles. The minimum Gasteiger partial charge on any atom is -0.423 e. The van der Waals surface area contributed by atoms with Crippen molar-refractivity contribution in [1.29, 1.82) is 0 Å².